The van der Waals surface area contributed by atoms with E-state index in [1.165, 1.54) is 0 Å². The van der Waals surface area contributed by atoms with Crippen molar-refractivity contribution in [1.82, 2.24) is 0 Å². The van der Waals surface area contributed by atoms with Gasteiger partial charge in [-0.3, -0.25) is 4.79 Å². The number of anilines is 2. The lowest BCUT2D eigenvalue weighted by Crippen LogP contribution is -2.40. The molecule has 0 unspecified atom stereocenters. The molecule has 0 saturated heterocycles. The number of nitrogen functional groups attached to an aromatic ring is 1. The van der Waals surface area contributed by atoms with E-state index in [1.807, 2.05) is 17.8 Å². The molecule has 0 atom stereocenters. The second-order valence-corrected chi connectivity index (χ2v) is 5.15. The first-order chi connectivity index (χ1) is 8.22. The highest BCUT2D eigenvalue weighted by Gasteiger charge is 2.24. The first kappa shape index (κ1) is 12.1. The van der Waals surface area contributed by atoms with Gasteiger partial charge in [-0.2, -0.15) is 11.8 Å². The molecule has 5 heteroatoms. The molecule has 0 bridgehead atoms. The first-order valence-electron chi connectivity index (χ1n) is 5.63. The molecule has 0 aliphatic carbocycles. The molecule has 0 fully saturated rings. The van der Waals surface area contributed by atoms with Crippen molar-refractivity contribution in [3.05, 3.63) is 18.2 Å². The van der Waals surface area contributed by atoms with E-state index < -0.39 is 0 Å². The molecule has 1 amide bonds. The smallest absolute Gasteiger partial charge is 0.265 e. The summed E-state index contributed by atoms with van der Waals surface area (Å²) in [5, 5.41) is 0. The standard InChI is InChI=1S/C12H16N2O2S/c1-2-17-6-5-14-10-4-3-9(13)7-11(10)16-8-12(14)15/h3-4,7H,2,5-6,8,13H2,1H3. The summed E-state index contributed by atoms with van der Waals surface area (Å²) < 4.78 is 5.38. The number of carbonyl (C=O) groups is 1. The maximum atomic E-state index is 11.8. The van der Waals surface area contributed by atoms with Crippen molar-refractivity contribution in [2.45, 2.75) is 6.92 Å². The minimum Gasteiger partial charge on any atom is -0.481 e. The number of carbonyl (C=O) groups excluding carboxylic acids is 1. The maximum Gasteiger partial charge on any atom is 0.265 e. The van der Waals surface area contributed by atoms with Crippen LogP contribution < -0.4 is 15.4 Å². The molecular weight excluding hydrogens is 236 g/mol. The first-order valence-corrected chi connectivity index (χ1v) is 6.78. The van der Waals surface area contributed by atoms with Crippen molar-refractivity contribution < 1.29 is 9.53 Å². The Morgan fingerprint density at radius 1 is 1.53 bits per heavy atom. The van der Waals surface area contributed by atoms with Crippen LogP contribution in [0.3, 0.4) is 0 Å². The normalized spacial score (nSPS) is 14.4. The molecule has 1 aliphatic heterocycles. The molecule has 1 heterocycles. The molecule has 0 saturated carbocycles. The zero-order valence-electron chi connectivity index (χ0n) is 9.81. The van der Waals surface area contributed by atoms with E-state index in [0.717, 1.165) is 23.7 Å². The van der Waals surface area contributed by atoms with Crippen LogP contribution in [0.15, 0.2) is 18.2 Å². The third-order valence-electron chi connectivity index (χ3n) is 2.59. The van der Waals surface area contributed by atoms with Crippen molar-refractivity contribution in [3.63, 3.8) is 0 Å². The summed E-state index contributed by atoms with van der Waals surface area (Å²) in [5.41, 5.74) is 7.18. The van der Waals surface area contributed by atoms with Crippen LogP contribution in [0.1, 0.15) is 6.92 Å². The molecule has 0 radical (unpaired) electrons. The topological polar surface area (TPSA) is 55.6 Å². The third-order valence-corrected chi connectivity index (χ3v) is 3.47. The van der Waals surface area contributed by atoms with Crippen molar-refractivity contribution >= 4 is 29.0 Å². The highest BCUT2D eigenvalue weighted by Crippen LogP contribution is 2.33. The van der Waals surface area contributed by atoms with Crippen LogP contribution in [0.4, 0.5) is 11.4 Å². The Bertz CT molecular complexity index is 423. The average molecular weight is 252 g/mol. The van der Waals surface area contributed by atoms with Crippen molar-refractivity contribution in [2.75, 3.05) is 35.3 Å². The highest BCUT2D eigenvalue weighted by molar-refractivity contribution is 7.99. The van der Waals surface area contributed by atoms with Crippen LogP contribution in [-0.4, -0.2) is 30.6 Å². The van der Waals surface area contributed by atoms with E-state index >= 15 is 0 Å². The molecule has 0 spiro atoms. The molecule has 1 aliphatic rings. The summed E-state index contributed by atoms with van der Waals surface area (Å²) in [6, 6.07) is 5.40. The van der Waals surface area contributed by atoms with Gasteiger partial charge in [-0.25, -0.2) is 0 Å². The molecular formula is C12H16N2O2S. The summed E-state index contributed by atoms with van der Waals surface area (Å²) >= 11 is 1.82. The van der Waals surface area contributed by atoms with Gasteiger partial charge in [0, 0.05) is 24.1 Å². The van der Waals surface area contributed by atoms with E-state index in [2.05, 4.69) is 6.92 Å². The number of hydrogen-bond acceptors (Lipinski definition) is 4. The number of thioether (sulfide) groups is 1. The number of ether oxygens (including phenoxy) is 1. The maximum absolute atomic E-state index is 11.8. The summed E-state index contributed by atoms with van der Waals surface area (Å²) in [6.07, 6.45) is 0. The van der Waals surface area contributed by atoms with Crippen LogP contribution in [0.2, 0.25) is 0 Å². The molecule has 2 N–H and O–H groups in total. The van der Waals surface area contributed by atoms with E-state index in [-0.39, 0.29) is 12.5 Å². The third kappa shape index (κ3) is 2.66. The Hall–Kier alpha value is -1.36. The van der Waals surface area contributed by atoms with E-state index in [9.17, 15) is 4.79 Å². The Kier molecular flexibility index (Phi) is 3.78. The summed E-state index contributed by atoms with van der Waals surface area (Å²) in [5.74, 6) is 2.71. The SMILES string of the molecule is CCSCCN1C(=O)COc2cc(N)ccc21. The molecule has 0 aromatic heterocycles. The summed E-state index contributed by atoms with van der Waals surface area (Å²) in [4.78, 5) is 13.6. The second-order valence-electron chi connectivity index (χ2n) is 3.76. The lowest BCUT2D eigenvalue weighted by Gasteiger charge is -2.29. The van der Waals surface area contributed by atoms with Gasteiger partial charge >= 0.3 is 0 Å². The molecule has 1 aromatic rings. The number of fused-ring (bicyclic) bond motifs is 1. The van der Waals surface area contributed by atoms with E-state index in [4.69, 9.17) is 10.5 Å². The van der Waals surface area contributed by atoms with Crippen molar-refractivity contribution in [1.29, 1.82) is 0 Å². The van der Waals surface area contributed by atoms with Gasteiger partial charge < -0.3 is 15.4 Å². The average Bonchev–Trinajstić information content (AvgIpc) is 2.32. The molecule has 1 aromatic carbocycles. The largest absolute Gasteiger partial charge is 0.481 e. The van der Waals surface area contributed by atoms with Gasteiger partial charge in [0.15, 0.2) is 6.61 Å². The quantitative estimate of drug-likeness (QED) is 0.655. The zero-order valence-corrected chi connectivity index (χ0v) is 10.6. The van der Waals surface area contributed by atoms with Gasteiger partial charge in [0.05, 0.1) is 5.69 Å². The number of rotatable bonds is 4. The summed E-state index contributed by atoms with van der Waals surface area (Å²) in [7, 11) is 0. The van der Waals surface area contributed by atoms with Gasteiger partial charge in [-0.05, 0) is 17.9 Å². The van der Waals surface area contributed by atoms with Crippen LogP contribution >= 0.6 is 11.8 Å². The van der Waals surface area contributed by atoms with Gasteiger partial charge in [0.25, 0.3) is 5.91 Å². The minimum atomic E-state index is 0.0129. The van der Waals surface area contributed by atoms with Crippen LogP contribution in [0.25, 0.3) is 0 Å². The van der Waals surface area contributed by atoms with Gasteiger partial charge in [-0.1, -0.05) is 6.92 Å². The number of benzene rings is 1. The van der Waals surface area contributed by atoms with E-state index in [1.54, 1.807) is 17.0 Å². The number of amides is 1. The van der Waals surface area contributed by atoms with Crippen LogP contribution in [-0.2, 0) is 4.79 Å². The Labute approximate surface area is 105 Å². The van der Waals surface area contributed by atoms with Gasteiger partial charge in [0.2, 0.25) is 0 Å². The number of hydrogen-bond donors (Lipinski definition) is 1. The van der Waals surface area contributed by atoms with Crippen molar-refractivity contribution in [3.8, 4) is 5.75 Å². The molecule has 17 heavy (non-hydrogen) atoms. The van der Waals surface area contributed by atoms with Crippen molar-refractivity contribution in [2.24, 2.45) is 0 Å². The Morgan fingerprint density at radius 3 is 3.12 bits per heavy atom. The Balaban J connectivity index is 2.18. The minimum absolute atomic E-state index is 0.0129. The fraction of sp³-hybridized carbons (Fsp3) is 0.417. The van der Waals surface area contributed by atoms with Crippen LogP contribution in [0.5, 0.6) is 5.75 Å². The summed E-state index contributed by atoms with van der Waals surface area (Å²) in [6.45, 7) is 2.94. The molecule has 4 nitrogen and oxygen atoms in total. The molecule has 92 valence electrons. The fourth-order valence-electron chi connectivity index (χ4n) is 1.77. The molecule has 2 rings (SSSR count). The highest BCUT2D eigenvalue weighted by atomic mass is 32.2. The number of nitrogens with zero attached hydrogens (tertiary/aromatic N) is 1. The lowest BCUT2D eigenvalue weighted by molar-refractivity contribution is -0.121. The monoisotopic (exact) mass is 252 g/mol. The predicted octanol–water partition coefficient (Wildman–Crippen LogP) is 1.75. The van der Waals surface area contributed by atoms with Crippen LogP contribution in [0, 0.1) is 0 Å². The predicted molar refractivity (Wildman–Crippen MR) is 71.7 cm³/mol. The van der Waals surface area contributed by atoms with Gasteiger partial charge in [-0.15, -0.1) is 0 Å². The number of nitrogens with two attached hydrogens (primary N) is 1. The van der Waals surface area contributed by atoms with Gasteiger partial charge in [0.1, 0.15) is 5.75 Å². The zero-order chi connectivity index (χ0) is 12.3. The fourth-order valence-corrected chi connectivity index (χ4v) is 2.37. The second kappa shape index (κ2) is 5.31. The lowest BCUT2D eigenvalue weighted by atomic mass is 10.2. The van der Waals surface area contributed by atoms with E-state index in [0.29, 0.717) is 11.4 Å². The Morgan fingerprint density at radius 2 is 2.35 bits per heavy atom.